The standard InChI is InChI=1S/C27H26N4O5S2/c1-20-9-13-25(14-10-20)38(35,36)31(26-8-4-3-6-21(26)2)19-27(32)29-22-11-15-24(16-12-22)37(33,34)30-23-7-5-17-28-18-23/h3-18,30H,19H2,1-2H3,(H,29,32). The van der Waals surface area contributed by atoms with Gasteiger partial charge in [-0.05, 0) is 74.0 Å². The lowest BCUT2D eigenvalue weighted by atomic mass is 10.2. The minimum absolute atomic E-state index is 0.0113. The van der Waals surface area contributed by atoms with Crippen LogP contribution in [0.1, 0.15) is 11.1 Å². The second-order valence-electron chi connectivity index (χ2n) is 8.53. The van der Waals surface area contributed by atoms with Gasteiger partial charge in [0.15, 0.2) is 0 Å². The monoisotopic (exact) mass is 550 g/mol. The number of benzene rings is 3. The number of aryl methyl sites for hydroxylation is 2. The second-order valence-corrected chi connectivity index (χ2v) is 12.1. The topological polar surface area (TPSA) is 126 Å². The summed E-state index contributed by atoms with van der Waals surface area (Å²) in [7, 11) is -7.92. The zero-order valence-corrected chi connectivity index (χ0v) is 22.3. The fourth-order valence-electron chi connectivity index (χ4n) is 3.67. The SMILES string of the molecule is Cc1ccc(S(=O)(=O)N(CC(=O)Nc2ccc(S(=O)(=O)Nc3cccnc3)cc2)c2ccccc2C)cc1. The van der Waals surface area contributed by atoms with E-state index in [1.165, 1.54) is 48.8 Å². The van der Waals surface area contributed by atoms with Gasteiger partial charge in [0.2, 0.25) is 5.91 Å². The van der Waals surface area contributed by atoms with Gasteiger partial charge in [-0.2, -0.15) is 0 Å². The molecule has 4 aromatic rings. The van der Waals surface area contributed by atoms with Crippen LogP contribution in [0.5, 0.6) is 0 Å². The van der Waals surface area contributed by atoms with E-state index in [2.05, 4.69) is 15.0 Å². The van der Waals surface area contributed by atoms with Crippen molar-refractivity contribution in [1.29, 1.82) is 0 Å². The first-order chi connectivity index (χ1) is 18.1. The molecule has 2 N–H and O–H groups in total. The van der Waals surface area contributed by atoms with E-state index in [4.69, 9.17) is 0 Å². The predicted molar refractivity (Wildman–Crippen MR) is 147 cm³/mol. The van der Waals surface area contributed by atoms with Gasteiger partial charge in [-0.1, -0.05) is 35.9 Å². The van der Waals surface area contributed by atoms with Gasteiger partial charge in [-0.3, -0.25) is 18.8 Å². The Hall–Kier alpha value is -4.22. The van der Waals surface area contributed by atoms with Crippen molar-refractivity contribution < 1.29 is 21.6 Å². The summed E-state index contributed by atoms with van der Waals surface area (Å²) in [6.07, 6.45) is 2.92. The van der Waals surface area contributed by atoms with Crippen LogP contribution in [0.4, 0.5) is 17.1 Å². The Morgan fingerprint density at radius 1 is 0.789 bits per heavy atom. The minimum atomic E-state index is -4.06. The van der Waals surface area contributed by atoms with Crippen LogP contribution < -0.4 is 14.3 Å². The fraction of sp³-hybridized carbons (Fsp3) is 0.111. The molecule has 38 heavy (non-hydrogen) atoms. The van der Waals surface area contributed by atoms with Gasteiger partial charge in [-0.25, -0.2) is 16.8 Å². The van der Waals surface area contributed by atoms with E-state index in [-0.39, 0.29) is 9.79 Å². The molecule has 9 nitrogen and oxygen atoms in total. The molecule has 3 aromatic carbocycles. The summed E-state index contributed by atoms with van der Waals surface area (Å²) in [6.45, 7) is 3.14. The summed E-state index contributed by atoms with van der Waals surface area (Å²) in [5, 5.41) is 2.65. The molecule has 0 aliphatic rings. The van der Waals surface area contributed by atoms with Gasteiger partial charge in [0.05, 0.1) is 27.4 Å². The maximum absolute atomic E-state index is 13.6. The highest BCUT2D eigenvalue weighted by Gasteiger charge is 2.28. The first-order valence-corrected chi connectivity index (χ1v) is 14.5. The quantitative estimate of drug-likeness (QED) is 0.320. The maximum atomic E-state index is 13.6. The Bertz CT molecular complexity index is 1640. The molecule has 0 atom stereocenters. The van der Waals surface area contributed by atoms with Crippen molar-refractivity contribution in [3.05, 3.63) is 108 Å². The number of amides is 1. The van der Waals surface area contributed by atoms with Crippen molar-refractivity contribution in [3.8, 4) is 0 Å². The highest BCUT2D eigenvalue weighted by atomic mass is 32.2. The third-order valence-electron chi connectivity index (χ3n) is 5.64. The van der Waals surface area contributed by atoms with Crippen molar-refractivity contribution in [3.63, 3.8) is 0 Å². The van der Waals surface area contributed by atoms with E-state index in [1.54, 1.807) is 55.5 Å². The predicted octanol–water partition coefficient (Wildman–Crippen LogP) is 4.33. The summed E-state index contributed by atoms with van der Waals surface area (Å²) < 4.78 is 55.9. The van der Waals surface area contributed by atoms with Crippen LogP contribution in [-0.2, 0) is 24.8 Å². The molecule has 1 amide bonds. The third kappa shape index (κ3) is 6.18. The number of para-hydroxylation sites is 1. The van der Waals surface area contributed by atoms with Crippen molar-refractivity contribution in [2.75, 3.05) is 20.9 Å². The number of anilines is 3. The number of pyridine rings is 1. The van der Waals surface area contributed by atoms with Gasteiger partial charge in [0, 0.05) is 11.9 Å². The van der Waals surface area contributed by atoms with Gasteiger partial charge >= 0.3 is 0 Å². The molecule has 0 radical (unpaired) electrons. The number of rotatable bonds is 9. The number of nitrogens with zero attached hydrogens (tertiary/aromatic N) is 2. The smallest absolute Gasteiger partial charge is 0.264 e. The Balaban J connectivity index is 1.54. The van der Waals surface area contributed by atoms with E-state index in [0.29, 0.717) is 22.6 Å². The molecule has 0 spiro atoms. The Morgan fingerprint density at radius 2 is 1.45 bits per heavy atom. The van der Waals surface area contributed by atoms with Crippen molar-refractivity contribution in [1.82, 2.24) is 4.98 Å². The number of carbonyl (C=O) groups is 1. The van der Waals surface area contributed by atoms with Crippen LogP contribution >= 0.6 is 0 Å². The average Bonchev–Trinajstić information content (AvgIpc) is 2.89. The summed E-state index contributed by atoms with van der Waals surface area (Å²) in [6, 6.07) is 22.0. The zero-order valence-electron chi connectivity index (χ0n) is 20.7. The molecule has 0 aliphatic heterocycles. The van der Waals surface area contributed by atoms with Crippen LogP contribution in [0.2, 0.25) is 0 Å². The van der Waals surface area contributed by atoms with Gasteiger partial charge in [-0.15, -0.1) is 0 Å². The lowest BCUT2D eigenvalue weighted by molar-refractivity contribution is -0.114. The molecule has 196 valence electrons. The molecule has 0 unspecified atom stereocenters. The molecule has 1 heterocycles. The van der Waals surface area contributed by atoms with Crippen molar-refractivity contribution in [2.24, 2.45) is 0 Å². The summed E-state index contributed by atoms with van der Waals surface area (Å²) in [5.41, 5.74) is 2.60. The first-order valence-electron chi connectivity index (χ1n) is 11.5. The molecule has 0 saturated carbocycles. The number of carbonyl (C=O) groups excluding carboxylic acids is 1. The molecule has 0 saturated heterocycles. The van der Waals surface area contributed by atoms with E-state index >= 15 is 0 Å². The molecule has 4 rings (SSSR count). The lowest BCUT2D eigenvalue weighted by Crippen LogP contribution is -2.38. The summed E-state index contributed by atoms with van der Waals surface area (Å²) >= 11 is 0. The van der Waals surface area contributed by atoms with Crippen LogP contribution in [-0.4, -0.2) is 34.3 Å². The molecule has 0 bridgehead atoms. The molecule has 0 aliphatic carbocycles. The van der Waals surface area contributed by atoms with Crippen LogP contribution in [0.3, 0.4) is 0 Å². The van der Waals surface area contributed by atoms with E-state index in [1.807, 2.05) is 6.92 Å². The number of aromatic nitrogens is 1. The van der Waals surface area contributed by atoms with Gasteiger partial charge in [0.25, 0.3) is 20.0 Å². The van der Waals surface area contributed by atoms with Crippen molar-refractivity contribution >= 4 is 43.0 Å². The van der Waals surface area contributed by atoms with E-state index in [0.717, 1.165) is 9.87 Å². The van der Waals surface area contributed by atoms with Crippen molar-refractivity contribution in [2.45, 2.75) is 23.6 Å². The Morgan fingerprint density at radius 3 is 2.08 bits per heavy atom. The average molecular weight is 551 g/mol. The first kappa shape index (κ1) is 26.8. The number of nitrogens with one attached hydrogen (secondary N) is 2. The Kier molecular flexibility index (Phi) is 7.79. The fourth-order valence-corrected chi connectivity index (χ4v) is 6.19. The summed E-state index contributed by atoms with van der Waals surface area (Å²) in [5.74, 6) is -0.590. The Labute approximate surface area is 222 Å². The normalized spacial score (nSPS) is 11.5. The van der Waals surface area contributed by atoms with Crippen LogP contribution in [0, 0.1) is 13.8 Å². The number of sulfonamides is 2. The highest BCUT2D eigenvalue weighted by Crippen LogP contribution is 2.27. The van der Waals surface area contributed by atoms with E-state index < -0.39 is 32.5 Å². The molecular weight excluding hydrogens is 524 g/mol. The molecular formula is C27H26N4O5S2. The number of hydrogen-bond acceptors (Lipinski definition) is 6. The van der Waals surface area contributed by atoms with Gasteiger partial charge in [0.1, 0.15) is 6.54 Å². The number of hydrogen-bond donors (Lipinski definition) is 2. The highest BCUT2D eigenvalue weighted by molar-refractivity contribution is 7.93. The molecule has 0 fully saturated rings. The lowest BCUT2D eigenvalue weighted by Gasteiger charge is -2.25. The maximum Gasteiger partial charge on any atom is 0.264 e. The minimum Gasteiger partial charge on any atom is -0.325 e. The molecule has 1 aromatic heterocycles. The zero-order chi connectivity index (χ0) is 27.3. The second kappa shape index (κ2) is 11.0. The van der Waals surface area contributed by atoms with E-state index in [9.17, 15) is 21.6 Å². The third-order valence-corrected chi connectivity index (χ3v) is 8.81. The van der Waals surface area contributed by atoms with Crippen LogP contribution in [0.25, 0.3) is 0 Å². The summed E-state index contributed by atoms with van der Waals surface area (Å²) in [4.78, 5) is 16.9. The molecule has 11 heteroatoms. The van der Waals surface area contributed by atoms with Crippen LogP contribution in [0.15, 0.2) is 107 Å². The van der Waals surface area contributed by atoms with Gasteiger partial charge < -0.3 is 5.32 Å². The largest absolute Gasteiger partial charge is 0.325 e.